The SMILES string of the molecule is COc1cc(C2CCN(C)CC2)ccc1Nc1ncc2c(n1)N(C)c1sc(C)nc1C(=O)N2CC(F)(F)F.COc1cc(N2CCN(C)CC2)c(C)cc1Nc1ncc2c(n1)N(C)c1sc(C)nc1C(=O)N2CC(F)(F)F.COc1cc(N2CCN(CCO)CC2)ccc1Nc1ncc2c(n1)N(C)c1sc(C)nc1C(=O)N2CC(F)(F)F. The number of amides is 3. The number of aromatic nitrogens is 9. The van der Waals surface area contributed by atoms with Gasteiger partial charge in [0.1, 0.15) is 68.9 Å². The van der Waals surface area contributed by atoms with Gasteiger partial charge in [0.05, 0.1) is 78.6 Å². The number of rotatable bonds is 17. The quantitative estimate of drug-likeness (QED) is 0.0616. The fourth-order valence-electron chi connectivity index (χ4n) is 14.4. The summed E-state index contributed by atoms with van der Waals surface area (Å²) < 4.78 is 138. The van der Waals surface area contributed by atoms with Crippen LogP contribution in [0.15, 0.2) is 67.1 Å². The highest BCUT2D eigenvalue weighted by atomic mass is 32.1. The molecular formula is C75H86F9N23O7S3. The molecule has 6 aromatic heterocycles. The molecule has 6 aliphatic heterocycles. The average Bonchev–Trinajstić information content (AvgIpc) is 1.64. The summed E-state index contributed by atoms with van der Waals surface area (Å²) in [5.74, 6) is 0.492. The number of hydrogen-bond acceptors (Lipinski definition) is 30. The second kappa shape index (κ2) is 34.4. The molecule has 624 valence electrons. The van der Waals surface area contributed by atoms with Crippen molar-refractivity contribution in [1.82, 2.24) is 59.6 Å². The van der Waals surface area contributed by atoms with Gasteiger partial charge in [-0.2, -0.15) is 54.5 Å². The number of nitrogens with zero attached hydrogens (tertiary/aromatic N) is 20. The molecule has 0 bridgehead atoms. The molecule has 3 amide bonds. The molecule has 0 unspecified atom stereocenters. The second-order valence-corrected chi connectivity index (χ2v) is 32.1. The topological polar surface area (TPSA) is 287 Å². The predicted octanol–water partition coefficient (Wildman–Crippen LogP) is 12.8. The van der Waals surface area contributed by atoms with E-state index in [2.05, 4.69) is 99.4 Å². The van der Waals surface area contributed by atoms with E-state index in [0.29, 0.717) is 91.5 Å². The van der Waals surface area contributed by atoms with Crippen LogP contribution < -0.4 is 69.4 Å². The average molecular weight is 1690 g/mol. The lowest BCUT2D eigenvalue weighted by molar-refractivity contribution is -0.119. The molecule has 30 nitrogen and oxygen atoms in total. The Morgan fingerprint density at radius 2 is 0.829 bits per heavy atom. The van der Waals surface area contributed by atoms with E-state index in [1.165, 1.54) is 58.2 Å². The number of anilines is 17. The first-order valence-electron chi connectivity index (χ1n) is 37.0. The maximum atomic E-state index is 13.5. The minimum atomic E-state index is -4.64. The first-order chi connectivity index (χ1) is 55.6. The van der Waals surface area contributed by atoms with Gasteiger partial charge in [0.15, 0.2) is 34.5 Å². The smallest absolute Gasteiger partial charge is 0.406 e. The van der Waals surface area contributed by atoms with Gasteiger partial charge in [-0.15, -0.1) is 34.0 Å². The third kappa shape index (κ3) is 18.8. The summed E-state index contributed by atoms with van der Waals surface area (Å²) in [7, 11) is 13.8. The number of carbonyl (C=O) groups is 3. The lowest BCUT2D eigenvalue weighted by Crippen LogP contribution is -2.47. The number of halogens is 9. The van der Waals surface area contributed by atoms with E-state index >= 15 is 0 Å². The van der Waals surface area contributed by atoms with Gasteiger partial charge < -0.3 is 69.6 Å². The Labute approximate surface area is 679 Å². The maximum Gasteiger partial charge on any atom is 0.406 e. The van der Waals surface area contributed by atoms with E-state index < -0.39 is 55.9 Å². The van der Waals surface area contributed by atoms with E-state index in [1.54, 1.807) is 77.9 Å². The number of piperazine rings is 2. The first-order valence-corrected chi connectivity index (χ1v) is 39.5. The summed E-state index contributed by atoms with van der Waals surface area (Å²) in [5, 5.41) is 21.5. The highest BCUT2D eigenvalue weighted by Crippen LogP contribution is 2.48. The van der Waals surface area contributed by atoms with Gasteiger partial charge in [-0.25, -0.2) is 29.9 Å². The Morgan fingerprint density at radius 3 is 1.23 bits per heavy atom. The number of aliphatic hydroxyl groups excluding tert-OH is 1. The van der Waals surface area contributed by atoms with Gasteiger partial charge in [-0.05, 0) is 115 Å². The molecule has 15 rings (SSSR count). The Balaban J connectivity index is 0.000000152. The zero-order valence-corrected chi connectivity index (χ0v) is 68.4. The number of hydrogen-bond donors (Lipinski definition) is 4. The highest BCUT2D eigenvalue weighted by molar-refractivity contribution is 7.17. The number of nitrogens with one attached hydrogen (secondary N) is 3. The summed E-state index contributed by atoms with van der Waals surface area (Å²) in [5.41, 5.74) is 5.75. The molecule has 3 fully saturated rings. The Morgan fingerprint density at radius 1 is 0.453 bits per heavy atom. The van der Waals surface area contributed by atoms with Crippen molar-refractivity contribution in [3.63, 3.8) is 0 Å². The standard InChI is InChI=1S/C25H29F3N8O3S.C25H29F3N8O2S.C25H28F3N7O2S/c1-15-30-20-22(38)36(14-25(26,27)28)18-13-29-24(32-21(18)33(2)23(20)40-15)31-17-5-4-16(12-19(17)39-3)35-8-6-34(7-9-35)10-11-37;1-14-10-16(19(38-5)11-17(14)35-8-6-33(3)7-9-35)31-24-29-12-18-21(32-24)34(4)23-20(30-15(2)39-23)22(37)36(18)13-25(26,27)28;1-14-30-20-22(36)35(13-25(26,27)28)18-12-29-24(32-21(18)34(3)23(20)38-14)31-17-6-5-16(11-19(17)37-4)15-7-9-33(2)10-8-15/h4-5,12-13,37H,6-11,14H2,1-3H3,(H,29,31,32);10-12H,6-9,13H2,1-5H3,(H,29,31,32);5-6,11-12,15H,7-10,13H2,1-4H3,(H,29,31,32). The third-order valence-electron chi connectivity index (χ3n) is 20.3. The van der Waals surface area contributed by atoms with Crippen molar-refractivity contribution >= 4 is 148 Å². The molecule has 0 spiro atoms. The van der Waals surface area contributed by atoms with E-state index in [1.807, 2.05) is 55.5 Å². The van der Waals surface area contributed by atoms with Crippen LogP contribution in [0.2, 0.25) is 0 Å². The van der Waals surface area contributed by atoms with Crippen LogP contribution in [0.3, 0.4) is 0 Å². The summed E-state index contributed by atoms with van der Waals surface area (Å²) in [6.07, 6.45) is -8.09. The van der Waals surface area contributed by atoms with Crippen LogP contribution in [0.1, 0.15) is 76.4 Å². The van der Waals surface area contributed by atoms with Crippen molar-refractivity contribution in [2.45, 2.75) is 65.0 Å². The molecule has 42 heteroatoms. The number of likely N-dealkylation sites (N-methyl/N-ethyl adjacent to an activating group) is 1. The molecule has 0 radical (unpaired) electrons. The van der Waals surface area contributed by atoms with Gasteiger partial charge in [0.2, 0.25) is 17.8 Å². The van der Waals surface area contributed by atoms with Crippen molar-refractivity contribution < 1.29 is 73.2 Å². The zero-order chi connectivity index (χ0) is 83.9. The molecule has 12 heterocycles. The summed E-state index contributed by atoms with van der Waals surface area (Å²) in [6.45, 7) is 12.5. The van der Waals surface area contributed by atoms with Crippen LogP contribution in [0.25, 0.3) is 0 Å². The van der Waals surface area contributed by atoms with Gasteiger partial charge in [-0.1, -0.05) is 6.07 Å². The molecule has 0 atom stereocenters. The monoisotopic (exact) mass is 1690 g/mol. The van der Waals surface area contributed by atoms with Crippen LogP contribution in [-0.2, 0) is 0 Å². The second-order valence-electron chi connectivity index (χ2n) is 28.5. The number of fused-ring (bicyclic) bond motifs is 6. The van der Waals surface area contributed by atoms with Crippen molar-refractivity contribution in [1.29, 1.82) is 0 Å². The lowest BCUT2D eigenvalue weighted by Gasteiger charge is -2.36. The third-order valence-corrected chi connectivity index (χ3v) is 23.5. The van der Waals surface area contributed by atoms with Crippen LogP contribution in [0, 0.1) is 27.7 Å². The fraction of sp³-hybridized carbons (Fsp3) is 0.440. The number of benzene rings is 3. The predicted molar refractivity (Wildman–Crippen MR) is 433 cm³/mol. The lowest BCUT2D eigenvalue weighted by atomic mass is 9.89. The van der Waals surface area contributed by atoms with Crippen LogP contribution >= 0.6 is 34.0 Å². The number of alkyl halides is 9. The zero-order valence-electron chi connectivity index (χ0n) is 65.9. The summed E-state index contributed by atoms with van der Waals surface area (Å²) in [4.78, 5) is 96.4. The van der Waals surface area contributed by atoms with Crippen molar-refractivity contribution in [3.8, 4) is 17.2 Å². The molecule has 6 aliphatic rings. The van der Waals surface area contributed by atoms with Crippen molar-refractivity contribution in [2.24, 2.45) is 0 Å². The number of piperidine rings is 1. The maximum absolute atomic E-state index is 13.5. The number of methoxy groups -OCH3 is 3. The fourth-order valence-corrected chi connectivity index (χ4v) is 17.0. The number of aryl methyl sites for hydroxylation is 4. The molecule has 117 heavy (non-hydrogen) atoms. The normalized spacial score (nSPS) is 16.3. The Hall–Kier alpha value is -10.8. The van der Waals surface area contributed by atoms with Crippen LogP contribution in [0.5, 0.6) is 17.2 Å². The largest absolute Gasteiger partial charge is 0.495 e. The van der Waals surface area contributed by atoms with E-state index in [9.17, 15) is 59.0 Å². The van der Waals surface area contributed by atoms with E-state index in [-0.39, 0.29) is 76.0 Å². The van der Waals surface area contributed by atoms with Crippen LogP contribution in [0.4, 0.5) is 135 Å². The van der Waals surface area contributed by atoms with Gasteiger partial charge in [0.25, 0.3) is 17.7 Å². The van der Waals surface area contributed by atoms with Gasteiger partial charge in [-0.3, -0.25) is 34.0 Å². The van der Waals surface area contributed by atoms with Gasteiger partial charge >= 0.3 is 18.5 Å². The van der Waals surface area contributed by atoms with Crippen molar-refractivity contribution in [3.05, 3.63) is 110 Å². The Kier molecular flexibility index (Phi) is 24.7. The molecule has 3 saturated heterocycles. The number of aliphatic hydroxyl groups is 1. The molecule has 4 N–H and O–H groups in total. The highest BCUT2D eigenvalue weighted by Gasteiger charge is 2.45. The van der Waals surface area contributed by atoms with Crippen molar-refractivity contribution in [2.75, 3.05) is 210 Å². The molecule has 0 aliphatic carbocycles. The molecule has 9 aromatic rings. The number of carbonyl (C=O) groups excluding carboxylic acids is 3. The minimum absolute atomic E-state index is 0.0436. The van der Waals surface area contributed by atoms with E-state index in [4.69, 9.17) is 14.2 Å². The van der Waals surface area contributed by atoms with E-state index in [0.717, 1.165) is 95.2 Å². The summed E-state index contributed by atoms with van der Waals surface area (Å²) >= 11 is 3.62. The minimum Gasteiger partial charge on any atom is -0.495 e. The molecule has 0 saturated carbocycles. The number of β-amino-alcohol motifs (C(OH)–C–C–N with tert-alkyl or cyclic N) is 1. The first kappa shape index (κ1) is 84.1. The number of ether oxygens (including phenoxy) is 3. The molecular weight excluding hydrogens is 1600 g/mol. The summed E-state index contributed by atoms with van der Waals surface area (Å²) in [6, 6.07) is 15.5. The Bertz CT molecular complexity index is 5150. The van der Waals surface area contributed by atoms with Crippen LogP contribution in [-0.4, -0.2) is 256 Å². The molecule has 3 aromatic carbocycles. The van der Waals surface area contributed by atoms with Gasteiger partial charge in [0, 0.05) is 104 Å². The number of likely N-dealkylation sites (tertiary alicyclic amines) is 1. The number of thiazole rings is 3.